The van der Waals surface area contributed by atoms with Crippen LogP contribution < -0.4 is 4.74 Å². The topological polar surface area (TPSA) is 43.6 Å². The summed E-state index contributed by atoms with van der Waals surface area (Å²) in [4.78, 5) is 17.5. The molecule has 136 valence electrons. The lowest BCUT2D eigenvalue weighted by Gasteiger charge is -2.09. The van der Waals surface area contributed by atoms with Crippen LogP contribution in [0, 0.1) is 0 Å². The first kappa shape index (κ1) is 17.5. The number of hydrogen-bond donors (Lipinski definition) is 0. The summed E-state index contributed by atoms with van der Waals surface area (Å²) >= 11 is 1.53. The maximum absolute atomic E-state index is 12.0. The number of carbonyl (C=O) groups excluding carboxylic acids is 1. The average Bonchev–Trinajstić information content (AvgIpc) is 3.28. The van der Waals surface area contributed by atoms with Gasteiger partial charge in [-0.1, -0.05) is 43.3 Å². The van der Waals surface area contributed by atoms with Crippen LogP contribution in [0.15, 0.2) is 53.9 Å². The van der Waals surface area contributed by atoms with E-state index in [-0.39, 0.29) is 0 Å². The fraction of sp³-hybridized carbons (Fsp3) is 0.182. The van der Waals surface area contributed by atoms with Crippen molar-refractivity contribution in [2.75, 3.05) is 6.61 Å². The van der Waals surface area contributed by atoms with Gasteiger partial charge in [0.15, 0.2) is 11.2 Å². The van der Waals surface area contributed by atoms with Crippen LogP contribution >= 0.6 is 11.3 Å². The number of carbonyl (C=O) groups is 1. The van der Waals surface area contributed by atoms with Gasteiger partial charge in [-0.3, -0.25) is 9.20 Å². The average molecular weight is 376 g/mol. The molecule has 0 saturated carbocycles. The van der Waals surface area contributed by atoms with Crippen molar-refractivity contribution >= 4 is 22.6 Å². The zero-order valence-corrected chi connectivity index (χ0v) is 16.1. The van der Waals surface area contributed by atoms with Crippen LogP contribution in [0.1, 0.15) is 29.9 Å². The van der Waals surface area contributed by atoms with E-state index in [1.807, 2.05) is 53.1 Å². The van der Waals surface area contributed by atoms with Crippen LogP contribution in [0.4, 0.5) is 0 Å². The Balaban J connectivity index is 1.90. The third kappa shape index (κ3) is 3.04. The van der Waals surface area contributed by atoms with Crippen molar-refractivity contribution in [3.63, 3.8) is 0 Å². The Morgan fingerprint density at radius 3 is 2.59 bits per heavy atom. The summed E-state index contributed by atoms with van der Waals surface area (Å²) in [6.45, 7) is 4.68. The van der Waals surface area contributed by atoms with Gasteiger partial charge in [0.2, 0.25) is 0 Å². The molecule has 4 rings (SSSR count). The Labute approximate surface area is 162 Å². The molecule has 0 radical (unpaired) electrons. The molecule has 0 unspecified atom stereocenters. The largest absolute Gasteiger partial charge is 0.493 e. The molecule has 27 heavy (non-hydrogen) atoms. The summed E-state index contributed by atoms with van der Waals surface area (Å²) in [5, 5.41) is 2.02. The zero-order valence-electron chi connectivity index (χ0n) is 15.3. The Morgan fingerprint density at radius 1 is 1.11 bits per heavy atom. The summed E-state index contributed by atoms with van der Waals surface area (Å²) in [6.07, 6.45) is 1.88. The summed E-state index contributed by atoms with van der Waals surface area (Å²) in [5.74, 6) is 0.805. The first-order valence-electron chi connectivity index (χ1n) is 9.03. The highest BCUT2D eigenvalue weighted by Crippen LogP contribution is 2.36. The molecule has 2 aromatic carbocycles. The van der Waals surface area contributed by atoms with Crippen molar-refractivity contribution in [3.05, 3.63) is 65.2 Å². The fourth-order valence-electron chi connectivity index (χ4n) is 3.25. The number of para-hydroxylation sites is 1. The second-order valence-electron chi connectivity index (χ2n) is 6.18. The van der Waals surface area contributed by atoms with Crippen LogP contribution in [0.3, 0.4) is 0 Å². The molecule has 2 heterocycles. The van der Waals surface area contributed by atoms with Crippen LogP contribution in [-0.2, 0) is 6.42 Å². The van der Waals surface area contributed by atoms with Gasteiger partial charge in [-0.2, -0.15) is 0 Å². The van der Waals surface area contributed by atoms with Crippen molar-refractivity contribution in [3.8, 4) is 28.3 Å². The van der Waals surface area contributed by atoms with Gasteiger partial charge in [0.05, 0.1) is 12.3 Å². The van der Waals surface area contributed by atoms with E-state index in [2.05, 4.69) is 19.1 Å². The van der Waals surface area contributed by atoms with Gasteiger partial charge in [0, 0.05) is 16.5 Å². The predicted molar refractivity (Wildman–Crippen MR) is 110 cm³/mol. The molecular weight excluding hydrogens is 356 g/mol. The maximum Gasteiger partial charge on any atom is 0.195 e. The molecule has 0 bridgehead atoms. The summed E-state index contributed by atoms with van der Waals surface area (Å²) in [6, 6.07) is 16.1. The molecule has 4 aromatic rings. The molecule has 0 amide bonds. The van der Waals surface area contributed by atoms with E-state index in [1.165, 1.54) is 16.9 Å². The lowest BCUT2D eigenvalue weighted by atomic mass is 10.1. The fourth-order valence-corrected chi connectivity index (χ4v) is 4.14. The van der Waals surface area contributed by atoms with Gasteiger partial charge in [-0.05, 0) is 31.0 Å². The van der Waals surface area contributed by atoms with E-state index < -0.39 is 0 Å². The van der Waals surface area contributed by atoms with Crippen LogP contribution in [0.25, 0.3) is 27.5 Å². The number of hydrogen-bond acceptors (Lipinski definition) is 4. The number of aromatic nitrogens is 2. The first-order chi connectivity index (χ1) is 13.3. The van der Waals surface area contributed by atoms with Gasteiger partial charge in [0.25, 0.3) is 0 Å². The number of fused-ring (bicyclic) bond motifs is 1. The van der Waals surface area contributed by atoms with Gasteiger partial charge in [-0.15, -0.1) is 11.3 Å². The number of aryl methyl sites for hydroxylation is 1. The van der Waals surface area contributed by atoms with Crippen molar-refractivity contribution < 1.29 is 9.53 Å². The summed E-state index contributed by atoms with van der Waals surface area (Å²) < 4.78 is 7.71. The number of ether oxygens (including phenoxy) is 1. The highest BCUT2D eigenvalue weighted by Gasteiger charge is 2.20. The molecule has 0 aliphatic carbocycles. The molecule has 0 fully saturated rings. The molecule has 0 aliphatic rings. The minimum Gasteiger partial charge on any atom is -0.493 e. The van der Waals surface area contributed by atoms with Crippen LogP contribution in [0.2, 0.25) is 0 Å². The van der Waals surface area contributed by atoms with Gasteiger partial charge in [-0.25, -0.2) is 4.98 Å². The highest BCUT2D eigenvalue weighted by atomic mass is 32.1. The standard InChI is InChI=1S/C22H20N2O2S/c1-3-15-9-11-16(12-10-15)21-18(13-25)24-19(14-27-22(24)23-21)17-7-5-6-8-20(17)26-4-2/h5-14H,3-4H2,1-2H3. The third-order valence-electron chi connectivity index (χ3n) is 4.61. The summed E-state index contributed by atoms with van der Waals surface area (Å²) in [5.41, 5.74) is 5.38. The first-order valence-corrected chi connectivity index (χ1v) is 9.91. The van der Waals surface area contributed by atoms with Gasteiger partial charge < -0.3 is 4.74 Å². The third-order valence-corrected chi connectivity index (χ3v) is 5.44. The smallest absolute Gasteiger partial charge is 0.195 e. The number of rotatable bonds is 6. The van der Waals surface area contributed by atoms with Crippen molar-refractivity contribution in [2.24, 2.45) is 0 Å². The molecule has 5 heteroatoms. The van der Waals surface area contributed by atoms with E-state index in [0.29, 0.717) is 12.3 Å². The Bertz CT molecular complexity index is 1090. The molecule has 0 aliphatic heterocycles. The van der Waals surface area contributed by atoms with Crippen molar-refractivity contribution in [1.29, 1.82) is 0 Å². The Hall–Kier alpha value is -2.92. The SMILES string of the molecule is CCOc1ccccc1-c1csc2nc(-c3ccc(CC)cc3)c(C=O)n12. The molecule has 0 N–H and O–H groups in total. The van der Waals surface area contributed by atoms with E-state index in [0.717, 1.165) is 45.9 Å². The van der Waals surface area contributed by atoms with Crippen LogP contribution in [-0.4, -0.2) is 22.3 Å². The van der Waals surface area contributed by atoms with E-state index in [4.69, 9.17) is 9.72 Å². The highest BCUT2D eigenvalue weighted by molar-refractivity contribution is 7.15. The monoisotopic (exact) mass is 376 g/mol. The number of aldehydes is 1. The molecule has 2 aromatic heterocycles. The lowest BCUT2D eigenvalue weighted by Crippen LogP contribution is -1.97. The second kappa shape index (κ2) is 7.37. The van der Waals surface area contributed by atoms with E-state index in [9.17, 15) is 4.79 Å². The van der Waals surface area contributed by atoms with E-state index in [1.54, 1.807) is 0 Å². The maximum atomic E-state index is 12.0. The Morgan fingerprint density at radius 2 is 1.89 bits per heavy atom. The zero-order chi connectivity index (χ0) is 18.8. The van der Waals surface area contributed by atoms with Crippen LogP contribution in [0.5, 0.6) is 5.75 Å². The lowest BCUT2D eigenvalue weighted by molar-refractivity contribution is 0.111. The van der Waals surface area contributed by atoms with Gasteiger partial charge in [0.1, 0.15) is 17.1 Å². The molecule has 4 nitrogen and oxygen atoms in total. The second-order valence-corrected chi connectivity index (χ2v) is 7.02. The minimum absolute atomic E-state index is 0.566. The number of imidazole rings is 1. The molecule has 0 saturated heterocycles. The number of benzene rings is 2. The normalized spacial score (nSPS) is 11.0. The Kier molecular flexibility index (Phi) is 4.77. The quantitative estimate of drug-likeness (QED) is 0.417. The molecule has 0 atom stereocenters. The van der Waals surface area contributed by atoms with Crippen molar-refractivity contribution in [1.82, 2.24) is 9.38 Å². The molecule has 0 spiro atoms. The number of nitrogens with zero attached hydrogens (tertiary/aromatic N) is 2. The van der Waals surface area contributed by atoms with Gasteiger partial charge >= 0.3 is 0 Å². The summed E-state index contributed by atoms with van der Waals surface area (Å²) in [7, 11) is 0. The minimum atomic E-state index is 0.566. The van der Waals surface area contributed by atoms with E-state index >= 15 is 0 Å². The predicted octanol–water partition coefficient (Wildman–Crippen LogP) is 5.50. The van der Waals surface area contributed by atoms with Crippen molar-refractivity contribution in [2.45, 2.75) is 20.3 Å². The molecular formula is C22H20N2O2S. The number of thiazole rings is 1.